The molecular formula is C29H24N2S. The van der Waals surface area contributed by atoms with Crippen molar-refractivity contribution in [1.82, 2.24) is 9.97 Å². The highest BCUT2D eigenvalue weighted by Crippen LogP contribution is 2.43. The molecule has 2 nitrogen and oxygen atoms in total. The molecule has 0 N–H and O–H groups in total. The minimum absolute atomic E-state index is 0.208. The molecule has 6 aromatic rings. The molecule has 0 aliphatic heterocycles. The molecule has 0 fully saturated rings. The Morgan fingerprint density at radius 3 is 2.31 bits per heavy atom. The van der Waals surface area contributed by atoms with Gasteiger partial charge >= 0.3 is 0 Å². The van der Waals surface area contributed by atoms with E-state index in [1.807, 2.05) is 0 Å². The van der Waals surface area contributed by atoms with Gasteiger partial charge in [-0.15, -0.1) is 11.3 Å². The largest absolute Gasteiger partial charge is 0.236 e. The normalized spacial score (nSPS) is 12.3. The van der Waals surface area contributed by atoms with E-state index in [1.54, 1.807) is 17.7 Å². The summed E-state index contributed by atoms with van der Waals surface area (Å²) in [5, 5.41) is 7.58. The highest BCUT2D eigenvalue weighted by atomic mass is 32.1. The number of nitrogens with zero attached hydrogens (tertiary/aromatic N) is 2. The van der Waals surface area contributed by atoms with Gasteiger partial charge < -0.3 is 0 Å². The number of benzene rings is 4. The third kappa shape index (κ3) is 3.16. The average Bonchev–Trinajstić information content (AvgIpc) is 3.17. The summed E-state index contributed by atoms with van der Waals surface area (Å²) in [6.07, 6.45) is 2.74. The molecule has 0 aliphatic carbocycles. The molecule has 32 heavy (non-hydrogen) atoms. The maximum absolute atomic E-state index is 4.79. The van der Waals surface area contributed by atoms with Gasteiger partial charge in [0.1, 0.15) is 11.2 Å². The van der Waals surface area contributed by atoms with Crippen LogP contribution in [0.3, 0.4) is 0 Å². The molecule has 0 amide bonds. The average molecular weight is 433 g/mol. The predicted molar refractivity (Wildman–Crippen MR) is 139 cm³/mol. The lowest BCUT2D eigenvalue weighted by Gasteiger charge is -2.20. The fraction of sp³-hybridized carbons (Fsp3) is 0.172. The first-order chi connectivity index (χ1) is 15.5. The van der Waals surface area contributed by atoms with Crippen molar-refractivity contribution in [2.75, 3.05) is 0 Å². The van der Waals surface area contributed by atoms with Crippen molar-refractivity contribution in [3.63, 3.8) is 0 Å². The van der Waals surface area contributed by atoms with Crippen LogP contribution < -0.4 is 0 Å². The van der Waals surface area contributed by atoms with Crippen LogP contribution in [0.5, 0.6) is 0 Å². The van der Waals surface area contributed by atoms with Crippen molar-refractivity contribution in [3.8, 4) is 11.3 Å². The SMILES string of the molecule is CC(C)(C)Cc1cc2c(sc3ncnc(-c4ccc5ccccc5c4)c32)c2ccccc12. The van der Waals surface area contributed by atoms with Gasteiger partial charge in [-0.3, -0.25) is 0 Å². The summed E-state index contributed by atoms with van der Waals surface area (Å²) in [6.45, 7) is 6.92. The van der Waals surface area contributed by atoms with E-state index in [4.69, 9.17) is 4.98 Å². The van der Waals surface area contributed by atoms with Gasteiger partial charge in [-0.2, -0.15) is 0 Å². The first kappa shape index (κ1) is 19.4. The van der Waals surface area contributed by atoms with E-state index in [0.717, 1.165) is 22.5 Å². The molecule has 0 unspecified atom stereocenters. The number of fused-ring (bicyclic) bond motifs is 6. The van der Waals surface area contributed by atoms with E-state index in [2.05, 4.69) is 98.6 Å². The van der Waals surface area contributed by atoms with Crippen LogP contribution in [-0.2, 0) is 6.42 Å². The van der Waals surface area contributed by atoms with Crippen LogP contribution in [0.25, 0.3) is 53.1 Å². The molecule has 2 heterocycles. The number of hydrogen-bond donors (Lipinski definition) is 0. The first-order valence-corrected chi connectivity index (χ1v) is 11.9. The lowest BCUT2D eigenvalue weighted by molar-refractivity contribution is 0.413. The molecule has 0 spiro atoms. The zero-order chi connectivity index (χ0) is 21.9. The Bertz CT molecular complexity index is 1640. The molecular weight excluding hydrogens is 408 g/mol. The first-order valence-electron chi connectivity index (χ1n) is 11.0. The number of rotatable bonds is 2. The Balaban J connectivity index is 1.70. The smallest absolute Gasteiger partial charge is 0.128 e. The Hall–Kier alpha value is -3.30. The maximum atomic E-state index is 4.79. The van der Waals surface area contributed by atoms with E-state index in [0.29, 0.717) is 0 Å². The third-order valence-electron chi connectivity index (χ3n) is 6.11. The molecule has 0 saturated carbocycles. The Kier molecular flexibility index (Phi) is 4.31. The minimum atomic E-state index is 0.208. The van der Waals surface area contributed by atoms with Gasteiger partial charge in [0, 0.05) is 21.0 Å². The molecule has 4 aromatic carbocycles. The number of thiophene rings is 1. The second-order valence-corrected chi connectivity index (χ2v) is 10.8. The van der Waals surface area contributed by atoms with Crippen LogP contribution in [0.4, 0.5) is 0 Å². The quantitative estimate of drug-likeness (QED) is 0.274. The molecule has 0 atom stereocenters. The Morgan fingerprint density at radius 1 is 0.750 bits per heavy atom. The van der Waals surface area contributed by atoms with Crippen molar-refractivity contribution in [2.24, 2.45) is 5.41 Å². The zero-order valence-electron chi connectivity index (χ0n) is 18.5. The molecule has 0 bridgehead atoms. The van der Waals surface area contributed by atoms with Gasteiger partial charge in [0.05, 0.1) is 5.69 Å². The van der Waals surface area contributed by atoms with Crippen LogP contribution >= 0.6 is 11.3 Å². The fourth-order valence-corrected chi connectivity index (χ4v) is 5.94. The van der Waals surface area contributed by atoms with E-state index in [9.17, 15) is 0 Å². The number of aromatic nitrogens is 2. The summed E-state index contributed by atoms with van der Waals surface area (Å²) in [7, 11) is 0. The second-order valence-electron chi connectivity index (χ2n) is 9.76. The summed E-state index contributed by atoms with van der Waals surface area (Å²) in [4.78, 5) is 10.5. The topological polar surface area (TPSA) is 25.8 Å². The van der Waals surface area contributed by atoms with Gasteiger partial charge in [0.25, 0.3) is 0 Å². The molecule has 0 aliphatic rings. The summed E-state index contributed by atoms with van der Waals surface area (Å²) in [6, 6.07) is 26.3. The predicted octanol–water partition coefficient (Wildman–Crippen LogP) is 8.41. The minimum Gasteiger partial charge on any atom is -0.236 e. The molecule has 0 radical (unpaired) electrons. The van der Waals surface area contributed by atoms with Crippen LogP contribution in [0.1, 0.15) is 26.3 Å². The van der Waals surface area contributed by atoms with E-state index >= 15 is 0 Å². The number of hydrogen-bond acceptors (Lipinski definition) is 3. The highest BCUT2D eigenvalue weighted by Gasteiger charge is 2.19. The second kappa shape index (κ2) is 7.11. The van der Waals surface area contributed by atoms with Crippen molar-refractivity contribution >= 4 is 53.2 Å². The van der Waals surface area contributed by atoms with E-state index in [-0.39, 0.29) is 5.41 Å². The summed E-state index contributed by atoms with van der Waals surface area (Å²) < 4.78 is 1.30. The van der Waals surface area contributed by atoms with Crippen molar-refractivity contribution < 1.29 is 0 Å². The van der Waals surface area contributed by atoms with Gasteiger partial charge in [-0.25, -0.2) is 9.97 Å². The standard InChI is InChI=1S/C29H24N2S/c1-29(2,3)16-21-15-24-25-26(20-13-12-18-8-4-5-9-19(18)14-20)30-17-31-28(25)32-27(24)23-11-7-6-10-22(21)23/h4-15,17H,16H2,1-3H3. The van der Waals surface area contributed by atoms with Gasteiger partial charge in [0.15, 0.2) is 0 Å². The lowest BCUT2D eigenvalue weighted by atomic mass is 9.85. The van der Waals surface area contributed by atoms with Crippen LogP contribution in [-0.4, -0.2) is 9.97 Å². The molecule has 156 valence electrons. The third-order valence-corrected chi connectivity index (χ3v) is 7.25. The lowest BCUT2D eigenvalue weighted by Crippen LogP contribution is -2.09. The zero-order valence-corrected chi connectivity index (χ0v) is 19.3. The molecule has 0 saturated heterocycles. The van der Waals surface area contributed by atoms with E-state index < -0.39 is 0 Å². The molecule has 2 aromatic heterocycles. The van der Waals surface area contributed by atoms with Crippen molar-refractivity contribution in [2.45, 2.75) is 27.2 Å². The molecule has 3 heteroatoms. The van der Waals surface area contributed by atoms with Gasteiger partial charge in [-0.1, -0.05) is 81.4 Å². The summed E-state index contributed by atoms with van der Waals surface area (Å²) in [5.41, 5.74) is 3.76. The van der Waals surface area contributed by atoms with Gasteiger partial charge in [0.2, 0.25) is 0 Å². The maximum Gasteiger partial charge on any atom is 0.128 e. The molecule has 6 rings (SSSR count). The summed E-state index contributed by atoms with van der Waals surface area (Å²) >= 11 is 1.78. The Labute approximate surface area is 191 Å². The Morgan fingerprint density at radius 2 is 1.50 bits per heavy atom. The fourth-order valence-electron chi connectivity index (χ4n) is 4.78. The highest BCUT2D eigenvalue weighted by molar-refractivity contribution is 7.26. The monoisotopic (exact) mass is 432 g/mol. The van der Waals surface area contributed by atoms with Crippen LogP contribution in [0, 0.1) is 5.41 Å². The van der Waals surface area contributed by atoms with Crippen molar-refractivity contribution in [1.29, 1.82) is 0 Å². The summed E-state index contributed by atoms with van der Waals surface area (Å²) in [5.74, 6) is 0. The van der Waals surface area contributed by atoms with Crippen LogP contribution in [0.2, 0.25) is 0 Å². The van der Waals surface area contributed by atoms with E-state index in [1.165, 1.54) is 42.6 Å². The van der Waals surface area contributed by atoms with Gasteiger partial charge in [-0.05, 0) is 51.1 Å². The van der Waals surface area contributed by atoms with Crippen molar-refractivity contribution in [3.05, 3.63) is 84.7 Å². The van der Waals surface area contributed by atoms with Crippen LogP contribution in [0.15, 0.2) is 79.1 Å².